The van der Waals surface area contributed by atoms with Crippen LogP contribution in [0.25, 0.3) is 0 Å². The highest BCUT2D eigenvalue weighted by Gasteiger charge is 2.40. The topological polar surface area (TPSA) is 94.4 Å². The lowest BCUT2D eigenvalue weighted by atomic mass is 9.79. The third-order valence-electron chi connectivity index (χ3n) is 4.13. The first-order chi connectivity index (χ1) is 8.98. The van der Waals surface area contributed by atoms with E-state index < -0.39 is 17.7 Å². The summed E-state index contributed by atoms with van der Waals surface area (Å²) in [5.74, 6) is 1.52. The molecule has 1 aliphatic carbocycles. The van der Waals surface area contributed by atoms with E-state index in [1.165, 1.54) is 0 Å². The minimum atomic E-state index is -0.724. The monoisotopic (exact) mass is 269 g/mol. The van der Waals surface area contributed by atoms with Gasteiger partial charge in [-0.25, -0.2) is 0 Å². The largest absolute Gasteiger partial charge is 0.391 e. The van der Waals surface area contributed by atoms with Gasteiger partial charge in [-0.1, -0.05) is 12.1 Å². The Morgan fingerprint density at radius 2 is 2.11 bits per heavy atom. The first-order valence-corrected chi connectivity index (χ1v) is 6.81. The van der Waals surface area contributed by atoms with Crippen molar-refractivity contribution in [2.45, 2.75) is 57.3 Å². The summed E-state index contributed by atoms with van der Waals surface area (Å²) in [6, 6.07) is -0.655. The number of aromatic nitrogens is 2. The second-order valence-corrected chi connectivity index (χ2v) is 5.60. The predicted molar refractivity (Wildman–Crippen MR) is 69.2 cm³/mol. The highest BCUT2D eigenvalue weighted by molar-refractivity contribution is 5.05. The number of nitrogens with two attached hydrogens (primary N) is 1. The summed E-state index contributed by atoms with van der Waals surface area (Å²) in [6.45, 7) is 3.84. The van der Waals surface area contributed by atoms with Crippen molar-refractivity contribution < 1.29 is 14.4 Å². The molecule has 0 spiro atoms. The van der Waals surface area contributed by atoms with E-state index in [9.17, 15) is 5.11 Å². The summed E-state index contributed by atoms with van der Waals surface area (Å²) in [6.07, 6.45) is 3.21. The van der Waals surface area contributed by atoms with Gasteiger partial charge in [-0.15, -0.1) is 0 Å². The van der Waals surface area contributed by atoms with Gasteiger partial charge in [0.2, 0.25) is 11.7 Å². The molecule has 6 nitrogen and oxygen atoms in total. The van der Waals surface area contributed by atoms with Crippen LogP contribution >= 0.6 is 0 Å². The smallest absolute Gasteiger partial charge is 0.246 e. The molecule has 1 aliphatic rings. The maximum atomic E-state index is 9.47. The third-order valence-corrected chi connectivity index (χ3v) is 4.13. The zero-order valence-corrected chi connectivity index (χ0v) is 11.8. The van der Waals surface area contributed by atoms with Gasteiger partial charge in [0.25, 0.3) is 0 Å². The Kier molecular flexibility index (Phi) is 4.23. The third kappa shape index (κ3) is 2.80. The second-order valence-electron chi connectivity index (χ2n) is 5.60. The van der Waals surface area contributed by atoms with Gasteiger partial charge >= 0.3 is 0 Å². The van der Waals surface area contributed by atoms with Crippen LogP contribution in [0.4, 0.5) is 0 Å². The Labute approximate surface area is 113 Å². The number of aliphatic hydroxyl groups excluding tert-OH is 1. The van der Waals surface area contributed by atoms with E-state index in [-0.39, 0.29) is 5.89 Å². The van der Waals surface area contributed by atoms with Crippen LogP contribution < -0.4 is 5.73 Å². The Hall–Kier alpha value is -0.980. The molecular formula is C13H23N3O3. The van der Waals surface area contributed by atoms with E-state index in [4.69, 9.17) is 15.0 Å². The van der Waals surface area contributed by atoms with Crippen molar-refractivity contribution in [2.75, 3.05) is 7.11 Å². The van der Waals surface area contributed by atoms with Crippen LogP contribution in [0.3, 0.4) is 0 Å². The van der Waals surface area contributed by atoms with Crippen molar-refractivity contribution in [1.82, 2.24) is 10.1 Å². The minimum Gasteiger partial charge on any atom is -0.391 e. The highest BCUT2D eigenvalue weighted by Crippen LogP contribution is 2.40. The molecule has 1 heterocycles. The fraction of sp³-hybridized carbons (Fsp3) is 0.846. The summed E-state index contributed by atoms with van der Waals surface area (Å²) in [7, 11) is 1.68. The van der Waals surface area contributed by atoms with E-state index in [2.05, 4.69) is 17.1 Å². The molecule has 1 aromatic rings. The SMILES string of the molecule is COC1(c2noc([C@@H](N)[C@@H](C)O)n2)CCC(C)CC1. The number of hydrogen-bond acceptors (Lipinski definition) is 6. The van der Waals surface area contributed by atoms with E-state index in [1.54, 1.807) is 14.0 Å². The van der Waals surface area contributed by atoms with Crippen molar-refractivity contribution in [3.63, 3.8) is 0 Å². The zero-order chi connectivity index (χ0) is 14.0. The molecule has 2 atom stereocenters. The molecule has 108 valence electrons. The minimum absolute atomic E-state index is 0.264. The van der Waals surface area contributed by atoms with Crippen LogP contribution in [0.5, 0.6) is 0 Å². The average molecular weight is 269 g/mol. The molecule has 0 bridgehead atoms. The maximum Gasteiger partial charge on any atom is 0.246 e. The van der Waals surface area contributed by atoms with Gasteiger partial charge in [-0.05, 0) is 38.5 Å². The van der Waals surface area contributed by atoms with Crippen LogP contribution in [-0.4, -0.2) is 28.5 Å². The molecule has 0 aliphatic heterocycles. The molecule has 0 unspecified atom stereocenters. The molecule has 3 N–H and O–H groups in total. The first kappa shape index (κ1) is 14.4. The molecule has 19 heavy (non-hydrogen) atoms. The Balaban J connectivity index is 2.20. The van der Waals surface area contributed by atoms with Gasteiger partial charge in [-0.2, -0.15) is 4.98 Å². The number of aliphatic hydroxyl groups is 1. The molecule has 6 heteroatoms. The first-order valence-electron chi connectivity index (χ1n) is 6.81. The van der Waals surface area contributed by atoms with Gasteiger partial charge in [0.05, 0.1) is 6.10 Å². The van der Waals surface area contributed by atoms with E-state index in [0.29, 0.717) is 11.7 Å². The average Bonchev–Trinajstić information content (AvgIpc) is 2.89. The predicted octanol–water partition coefficient (Wildman–Crippen LogP) is 1.50. The van der Waals surface area contributed by atoms with Crippen molar-refractivity contribution in [2.24, 2.45) is 11.7 Å². The molecular weight excluding hydrogens is 246 g/mol. The van der Waals surface area contributed by atoms with Crippen LogP contribution in [0.15, 0.2) is 4.52 Å². The summed E-state index contributed by atoms with van der Waals surface area (Å²) < 4.78 is 10.8. The van der Waals surface area contributed by atoms with E-state index in [1.807, 2.05) is 0 Å². The Morgan fingerprint density at radius 3 is 2.63 bits per heavy atom. The highest BCUT2D eigenvalue weighted by atomic mass is 16.5. The van der Waals surface area contributed by atoms with Gasteiger partial charge in [0.15, 0.2) is 0 Å². The normalized spacial score (nSPS) is 31.1. The molecule has 0 saturated heterocycles. The molecule has 2 rings (SSSR count). The molecule has 1 fully saturated rings. The maximum absolute atomic E-state index is 9.47. The quantitative estimate of drug-likeness (QED) is 0.860. The van der Waals surface area contributed by atoms with E-state index in [0.717, 1.165) is 25.7 Å². The molecule has 0 radical (unpaired) electrons. The van der Waals surface area contributed by atoms with Gasteiger partial charge in [-0.3, -0.25) is 0 Å². The van der Waals surface area contributed by atoms with Gasteiger partial charge in [0, 0.05) is 7.11 Å². The van der Waals surface area contributed by atoms with Gasteiger partial charge < -0.3 is 20.1 Å². The second kappa shape index (κ2) is 5.56. The Morgan fingerprint density at radius 1 is 1.47 bits per heavy atom. The number of ether oxygens (including phenoxy) is 1. The summed E-state index contributed by atoms with van der Waals surface area (Å²) in [5.41, 5.74) is 5.33. The number of nitrogens with zero attached hydrogens (tertiary/aromatic N) is 2. The van der Waals surface area contributed by atoms with Crippen LogP contribution in [-0.2, 0) is 10.3 Å². The van der Waals surface area contributed by atoms with Crippen molar-refractivity contribution in [3.8, 4) is 0 Å². The van der Waals surface area contributed by atoms with Crippen molar-refractivity contribution in [1.29, 1.82) is 0 Å². The van der Waals surface area contributed by atoms with Gasteiger partial charge in [0.1, 0.15) is 11.6 Å². The fourth-order valence-corrected chi connectivity index (χ4v) is 2.51. The Bertz CT molecular complexity index is 411. The van der Waals surface area contributed by atoms with Crippen LogP contribution in [0.1, 0.15) is 57.3 Å². The summed E-state index contributed by atoms with van der Waals surface area (Å²) >= 11 is 0. The fourth-order valence-electron chi connectivity index (χ4n) is 2.51. The molecule has 0 amide bonds. The zero-order valence-electron chi connectivity index (χ0n) is 11.8. The lowest BCUT2D eigenvalue weighted by molar-refractivity contribution is -0.0609. The summed E-state index contributed by atoms with van der Waals surface area (Å²) in [4.78, 5) is 4.34. The van der Waals surface area contributed by atoms with E-state index >= 15 is 0 Å². The number of hydrogen-bond donors (Lipinski definition) is 2. The number of methoxy groups -OCH3 is 1. The lowest BCUT2D eigenvalue weighted by Crippen LogP contribution is -2.34. The van der Waals surface area contributed by atoms with Crippen LogP contribution in [0.2, 0.25) is 0 Å². The molecule has 0 aromatic carbocycles. The van der Waals surface area contributed by atoms with Crippen molar-refractivity contribution in [3.05, 3.63) is 11.7 Å². The molecule has 1 aromatic heterocycles. The standard InChI is InChI=1S/C13H23N3O3/c1-8-4-6-13(18-3,7-5-8)12-15-11(19-16-12)10(14)9(2)17/h8-10,17H,4-7,14H2,1-3H3/t8?,9-,10+,13?/m1/s1. The van der Waals surface area contributed by atoms with Crippen molar-refractivity contribution >= 4 is 0 Å². The number of rotatable bonds is 4. The van der Waals surface area contributed by atoms with Crippen LogP contribution in [0, 0.1) is 5.92 Å². The summed E-state index contributed by atoms with van der Waals surface area (Å²) in [5, 5.41) is 13.5. The lowest BCUT2D eigenvalue weighted by Gasteiger charge is -2.35. The molecule has 1 saturated carbocycles.